The Morgan fingerprint density at radius 2 is 1.81 bits per heavy atom. The predicted octanol–water partition coefficient (Wildman–Crippen LogP) is 2.63. The van der Waals surface area contributed by atoms with E-state index < -0.39 is 0 Å². The Morgan fingerprint density at radius 3 is 2.62 bits per heavy atom. The molecule has 2 aliphatic rings. The van der Waals surface area contributed by atoms with Crippen molar-refractivity contribution in [2.24, 2.45) is 0 Å². The number of benzene rings is 1. The maximum atomic E-state index is 4.95. The molecule has 108 valence electrons. The summed E-state index contributed by atoms with van der Waals surface area (Å²) in [5.74, 6) is 1.71. The number of hydrogen-bond donors (Lipinski definition) is 1. The first-order valence-corrected chi connectivity index (χ1v) is 8.03. The van der Waals surface area contributed by atoms with E-state index in [1.165, 1.54) is 35.4 Å². The average Bonchev–Trinajstić information content (AvgIpc) is 3.34. The molecule has 3 heteroatoms. The van der Waals surface area contributed by atoms with Crippen LogP contribution in [-0.4, -0.2) is 23.1 Å². The fourth-order valence-electron chi connectivity index (χ4n) is 3.18. The number of rotatable bonds is 3. The molecule has 0 bridgehead atoms. The van der Waals surface area contributed by atoms with Gasteiger partial charge in [0.15, 0.2) is 0 Å². The van der Waals surface area contributed by atoms with Crippen LogP contribution in [0, 0.1) is 0 Å². The minimum Gasteiger partial charge on any atom is -0.316 e. The lowest BCUT2D eigenvalue weighted by Gasteiger charge is -2.13. The SMILES string of the molecule is c1ccc(Cc2nc3c(c(C4CC4)n2)CCNCC3)cc1. The quantitative estimate of drug-likeness (QED) is 0.938. The highest BCUT2D eigenvalue weighted by Crippen LogP contribution is 2.41. The van der Waals surface area contributed by atoms with Crippen molar-refractivity contribution >= 4 is 0 Å². The van der Waals surface area contributed by atoms with Gasteiger partial charge in [-0.3, -0.25) is 0 Å². The fraction of sp³-hybridized carbons (Fsp3) is 0.444. The normalized spacial score (nSPS) is 18.1. The van der Waals surface area contributed by atoms with Crippen molar-refractivity contribution in [1.82, 2.24) is 15.3 Å². The molecule has 0 atom stereocenters. The third kappa shape index (κ3) is 2.84. The maximum absolute atomic E-state index is 4.95. The summed E-state index contributed by atoms with van der Waals surface area (Å²) in [6.07, 6.45) is 5.59. The molecular formula is C18H21N3. The molecule has 1 fully saturated rings. The van der Waals surface area contributed by atoms with Gasteiger partial charge < -0.3 is 5.32 Å². The molecule has 21 heavy (non-hydrogen) atoms. The van der Waals surface area contributed by atoms with Crippen LogP contribution in [-0.2, 0) is 19.3 Å². The fourth-order valence-corrected chi connectivity index (χ4v) is 3.18. The first-order chi connectivity index (χ1) is 10.4. The van der Waals surface area contributed by atoms with Gasteiger partial charge in [-0.2, -0.15) is 0 Å². The van der Waals surface area contributed by atoms with Gasteiger partial charge in [0.05, 0.1) is 5.69 Å². The minimum absolute atomic E-state index is 0.703. The van der Waals surface area contributed by atoms with Crippen LogP contribution in [0.3, 0.4) is 0 Å². The molecular weight excluding hydrogens is 258 g/mol. The molecule has 0 unspecified atom stereocenters. The summed E-state index contributed by atoms with van der Waals surface area (Å²) >= 11 is 0. The van der Waals surface area contributed by atoms with E-state index >= 15 is 0 Å². The molecule has 4 rings (SSSR count). The third-order valence-corrected chi connectivity index (χ3v) is 4.43. The largest absolute Gasteiger partial charge is 0.316 e. The van der Waals surface area contributed by atoms with E-state index in [1.807, 2.05) is 0 Å². The van der Waals surface area contributed by atoms with Crippen LogP contribution in [0.25, 0.3) is 0 Å². The number of nitrogens with one attached hydrogen (secondary N) is 1. The molecule has 0 spiro atoms. The van der Waals surface area contributed by atoms with Gasteiger partial charge >= 0.3 is 0 Å². The van der Waals surface area contributed by atoms with Crippen LogP contribution in [0.15, 0.2) is 30.3 Å². The highest BCUT2D eigenvalue weighted by molar-refractivity contribution is 5.34. The summed E-state index contributed by atoms with van der Waals surface area (Å²) in [5, 5.41) is 3.48. The second-order valence-electron chi connectivity index (χ2n) is 6.14. The van der Waals surface area contributed by atoms with Gasteiger partial charge in [0.2, 0.25) is 0 Å². The van der Waals surface area contributed by atoms with Crippen LogP contribution in [0.2, 0.25) is 0 Å². The Labute approximate surface area is 125 Å². The summed E-state index contributed by atoms with van der Waals surface area (Å²) < 4.78 is 0. The van der Waals surface area contributed by atoms with Gasteiger partial charge in [0.1, 0.15) is 5.82 Å². The van der Waals surface area contributed by atoms with Crippen molar-refractivity contribution in [2.75, 3.05) is 13.1 Å². The predicted molar refractivity (Wildman–Crippen MR) is 83.5 cm³/mol. The molecule has 1 aliphatic heterocycles. The Kier molecular flexibility index (Phi) is 3.44. The van der Waals surface area contributed by atoms with E-state index in [0.29, 0.717) is 5.92 Å². The van der Waals surface area contributed by atoms with Gasteiger partial charge in [-0.1, -0.05) is 30.3 Å². The van der Waals surface area contributed by atoms with Gasteiger partial charge in [-0.05, 0) is 36.9 Å². The molecule has 0 amide bonds. The van der Waals surface area contributed by atoms with E-state index in [1.54, 1.807) is 0 Å². The lowest BCUT2D eigenvalue weighted by molar-refractivity contribution is 0.707. The van der Waals surface area contributed by atoms with Crippen LogP contribution in [0.4, 0.5) is 0 Å². The lowest BCUT2D eigenvalue weighted by Crippen LogP contribution is -2.16. The molecule has 1 aromatic carbocycles. The van der Waals surface area contributed by atoms with Crippen LogP contribution in [0.1, 0.15) is 47.1 Å². The van der Waals surface area contributed by atoms with Crippen molar-refractivity contribution in [3.63, 3.8) is 0 Å². The summed E-state index contributed by atoms with van der Waals surface area (Å²) in [7, 11) is 0. The Hall–Kier alpha value is -1.74. The Bertz CT molecular complexity index is 632. The van der Waals surface area contributed by atoms with Gasteiger partial charge in [0.25, 0.3) is 0 Å². The highest BCUT2D eigenvalue weighted by atomic mass is 14.9. The molecule has 3 nitrogen and oxygen atoms in total. The Balaban J connectivity index is 1.71. The zero-order valence-corrected chi connectivity index (χ0v) is 12.3. The maximum Gasteiger partial charge on any atom is 0.133 e. The molecule has 1 aromatic heterocycles. The number of hydrogen-bond acceptors (Lipinski definition) is 3. The summed E-state index contributed by atoms with van der Waals surface area (Å²) in [6, 6.07) is 10.6. The van der Waals surface area contributed by atoms with Crippen molar-refractivity contribution in [3.05, 3.63) is 58.7 Å². The van der Waals surface area contributed by atoms with E-state index in [9.17, 15) is 0 Å². The van der Waals surface area contributed by atoms with Gasteiger partial charge in [0, 0.05) is 31.0 Å². The zero-order valence-electron chi connectivity index (χ0n) is 12.3. The molecule has 2 aromatic rings. The van der Waals surface area contributed by atoms with Crippen molar-refractivity contribution < 1.29 is 0 Å². The molecule has 2 heterocycles. The molecule has 1 saturated carbocycles. The topological polar surface area (TPSA) is 37.8 Å². The average molecular weight is 279 g/mol. The van der Waals surface area contributed by atoms with Gasteiger partial charge in [-0.25, -0.2) is 9.97 Å². The van der Waals surface area contributed by atoms with Crippen LogP contribution >= 0.6 is 0 Å². The number of fused-ring (bicyclic) bond motifs is 1. The van der Waals surface area contributed by atoms with Crippen molar-refractivity contribution in [1.29, 1.82) is 0 Å². The highest BCUT2D eigenvalue weighted by Gasteiger charge is 2.30. The van der Waals surface area contributed by atoms with Crippen molar-refractivity contribution in [3.8, 4) is 0 Å². The number of nitrogens with zero attached hydrogens (tertiary/aromatic N) is 2. The summed E-state index contributed by atoms with van der Waals surface area (Å²) in [6.45, 7) is 2.10. The molecule has 0 radical (unpaired) electrons. The monoisotopic (exact) mass is 279 g/mol. The summed E-state index contributed by atoms with van der Waals surface area (Å²) in [4.78, 5) is 9.83. The molecule has 1 N–H and O–H groups in total. The van der Waals surface area contributed by atoms with Gasteiger partial charge in [-0.15, -0.1) is 0 Å². The third-order valence-electron chi connectivity index (χ3n) is 4.43. The Morgan fingerprint density at radius 1 is 1.00 bits per heavy atom. The second kappa shape index (κ2) is 5.57. The van der Waals surface area contributed by atoms with E-state index in [2.05, 4.69) is 35.6 Å². The molecule has 1 aliphatic carbocycles. The van der Waals surface area contributed by atoms with E-state index in [0.717, 1.165) is 38.2 Å². The summed E-state index contributed by atoms with van der Waals surface area (Å²) in [5.41, 5.74) is 5.39. The smallest absolute Gasteiger partial charge is 0.133 e. The first kappa shape index (κ1) is 13.0. The van der Waals surface area contributed by atoms with E-state index in [-0.39, 0.29) is 0 Å². The van der Waals surface area contributed by atoms with E-state index in [4.69, 9.17) is 9.97 Å². The van der Waals surface area contributed by atoms with Crippen LogP contribution < -0.4 is 5.32 Å². The zero-order chi connectivity index (χ0) is 14.1. The second-order valence-corrected chi connectivity index (χ2v) is 6.14. The lowest BCUT2D eigenvalue weighted by atomic mass is 10.0. The molecule has 0 saturated heterocycles. The van der Waals surface area contributed by atoms with Crippen molar-refractivity contribution in [2.45, 2.75) is 38.0 Å². The standard InChI is InChI=1S/C18H21N3/c1-2-4-13(5-3-1)12-17-20-16-9-11-19-10-8-15(16)18(21-17)14-6-7-14/h1-5,14,19H,6-12H2. The first-order valence-electron chi connectivity index (χ1n) is 8.03. The van der Waals surface area contributed by atoms with Crippen LogP contribution in [0.5, 0.6) is 0 Å². The number of aromatic nitrogens is 2. The minimum atomic E-state index is 0.703.